The van der Waals surface area contributed by atoms with E-state index in [1.165, 1.54) is 45.6 Å². The summed E-state index contributed by atoms with van der Waals surface area (Å²) < 4.78 is 86.5. The normalized spacial score (nSPS) is 15.0. The lowest BCUT2D eigenvalue weighted by Gasteiger charge is -2.34. The Hall–Kier alpha value is -3.49. The van der Waals surface area contributed by atoms with E-state index in [-0.39, 0.29) is 42.8 Å². The summed E-state index contributed by atoms with van der Waals surface area (Å²) in [6, 6.07) is 11.7. The zero-order chi connectivity index (χ0) is 26.6. The number of aromatic nitrogens is 2. The highest BCUT2D eigenvalue weighted by molar-refractivity contribution is 7.89. The third-order valence-corrected chi connectivity index (χ3v) is 7.40. The molecule has 0 radical (unpaired) electrons. The number of anilines is 3. The number of rotatable bonds is 8. The number of halogens is 4. The van der Waals surface area contributed by atoms with Gasteiger partial charge < -0.3 is 20.7 Å². The van der Waals surface area contributed by atoms with Gasteiger partial charge in [-0.25, -0.2) is 17.8 Å². The monoisotopic (exact) mass is 540 g/mol. The average Bonchev–Trinajstić information content (AvgIpc) is 2.88. The highest BCUT2D eigenvalue weighted by atomic mass is 32.2. The van der Waals surface area contributed by atoms with Crippen molar-refractivity contribution in [2.75, 3.05) is 49.5 Å². The maximum Gasteiger partial charge on any atom is 0.433 e. The van der Waals surface area contributed by atoms with E-state index in [0.29, 0.717) is 24.6 Å². The molecule has 0 aliphatic carbocycles. The van der Waals surface area contributed by atoms with E-state index < -0.39 is 27.7 Å². The lowest BCUT2D eigenvalue weighted by Crippen LogP contribution is -2.49. The molecule has 14 heteroatoms. The Bertz CT molecular complexity index is 1310. The van der Waals surface area contributed by atoms with Crippen LogP contribution < -0.4 is 20.7 Å². The quantitative estimate of drug-likeness (QED) is 0.419. The molecule has 1 aromatic heterocycles. The predicted octanol–water partition coefficient (Wildman–Crippen LogP) is 3.23. The summed E-state index contributed by atoms with van der Waals surface area (Å²) in [5, 5.41) is 2.73. The largest absolute Gasteiger partial charge is 0.492 e. The van der Waals surface area contributed by atoms with Gasteiger partial charge in [-0.2, -0.15) is 22.5 Å². The molecule has 1 saturated heterocycles. The summed E-state index contributed by atoms with van der Waals surface area (Å²) in [4.78, 5) is 9.41. The smallest absolute Gasteiger partial charge is 0.433 e. The number of sulfonamides is 1. The topological polar surface area (TPSA) is 114 Å². The van der Waals surface area contributed by atoms with Gasteiger partial charge in [-0.15, -0.1) is 0 Å². The molecular weight excluding hydrogens is 516 g/mol. The van der Waals surface area contributed by atoms with Crippen LogP contribution in [0, 0.1) is 5.82 Å². The SMILES string of the molecule is NCCOc1ccc(S(=O)(=O)N2CCN(c3nc(Nc4ccc(F)cc4)cc(C(F)(F)F)n3)CC2)cc1. The van der Waals surface area contributed by atoms with Crippen LogP contribution in [0.2, 0.25) is 0 Å². The Morgan fingerprint density at radius 2 is 1.62 bits per heavy atom. The minimum absolute atomic E-state index is 0.0219. The molecule has 0 saturated carbocycles. The van der Waals surface area contributed by atoms with Crippen LogP contribution in [-0.4, -0.2) is 62.0 Å². The van der Waals surface area contributed by atoms with Crippen molar-refractivity contribution < 1.29 is 30.7 Å². The molecule has 0 spiro atoms. The van der Waals surface area contributed by atoms with Crippen molar-refractivity contribution in [3.8, 4) is 5.75 Å². The number of nitrogens with one attached hydrogen (secondary N) is 1. The van der Waals surface area contributed by atoms with Gasteiger partial charge in [0.25, 0.3) is 0 Å². The fourth-order valence-corrected chi connectivity index (χ4v) is 5.05. The first kappa shape index (κ1) is 26.6. The van der Waals surface area contributed by atoms with Crippen molar-refractivity contribution >= 4 is 27.5 Å². The fraction of sp³-hybridized carbons (Fsp3) is 0.304. The molecule has 37 heavy (non-hydrogen) atoms. The minimum Gasteiger partial charge on any atom is -0.492 e. The summed E-state index contributed by atoms with van der Waals surface area (Å²) in [7, 11) is -3.83. The summed E-state index contributed by atoms with van der Waals surface area (Å²) in [5.41, 5.74) is 4.58. The van der Waals surface area contributed by atoms with Crippen molar-refractivity contribution in [3.05, 3.63) is 66.1 Å². The maximum absolute atomic E-state index is 13.5. The number of alkyl halides is 3. The molecule has 9 nitrogen and oxygen atoms in total. The zero-order valence-corrected chi connectivity index (χ0v) is 20.3. The number of nitrogens with two attached hydrogens (primary N) is 1. The molecule has 0 unspecified atom stereocenters. The maximum atomic E-state index is 13.5. The van der Waals surface area contributed by atoms with Gasteiger partial charge in [0.15, 0.2) is 5.69 Å². The van der Waals surface area contributed by atoms with E-state index in [2.05, 4.69) is 15.3 Å². The number of piperazine rings is 1. The summed E-state index contributed by atoms with van der Waals surface area (Å²) in [5.74, 6) is -0.330. The Kier molecular flexibility index (Phi) is 7.80. The first-order valence-corrected chi connectivity index (χ1v) is 12.7. The second-order valence-electron chi connectivity index (χ2n) is 8.07. The highest BCUT2D eigenvalue weighted by Crippen LogP contribution is 2.31. The van der Waals surface area contributed by atoms with Crippen LogP contribution in [0.15, 0.2) is 59.5 Å². The number of hydrogen-bond acceptors (Lipinski definition) is 8. The summed E-state index contributed by atoms with van der Waals surface area (Å²) >= 11 is 0. The standard InChI is InChI=1S/C23H24F4N6O3S/c24-16-1-3-17(4-2-16)29-21-15-20(23(25,26)27)30-22(31-21)32-10-12-33(13-11-32)37(34,35)19-7-5-18(6-8-19)36-14-9-28/h1-8,15H,9-14,28H2,(H,29,30,31). The van der Waals surface area contributed by atoms with E-state index in [0.717, 1.165) is 18.2 Å². The van der Waals surface area contributed by atoms with Gasteiger partial charge in [-0.3, -0.25) is 0 Å². The van der Waals surface area contributed by atoms with E-state index in [1.807, 2.05) is 0 Å². The lowest BCUT2D eigenvalue weighted by atomic mass is 10.3. The Morgan fingerprint density at radius 3 is 2.22 bits per heavy atom. The van der Waals surface area contributed by atoms with Crippen molar-refractivity contribution in [1.82, 2.24) is 14.3 Å². The van der Waals surface area contributed by atoms with Gasteiger partial charge in [0.1, 0.15) is 24.0 Å². The van der Waals surface area contributed by atoms with Crippen LogP contribution in [-0.2, 0) is 16.2 Å². The lowest BCUT2D eigenvalue weighted by molar-refractivity contribution is -0.141. The molecule has 1 aliphatic heterocycles. The second kappa shape index (κ2) is 10.9. The van der Waals surface area contributed by atoms with Gasteiger partial charge >= 0.3 is 6.18 Å². The molecule has 2 heterocycles. The summed E-state index contributed by atoms with van der Waals surface area (Å²) in [6.45, 7) is 0.821. The predicted molar refractivity (Wildman–Crippen MR) is 129 cm³/mol. The van der Waals surface area contributed by atoms with Crippen LogP contribution >= 0.6 is 0 Å². The molecule has 0 amide bonds. The highest BCUT2D eigenvalue weighted by Gasteiger charge is 2.35. The van der Waals surface area contributed by atoms with Crippen molar-refractivity contribution in [2.45, 2.75) is 11.1 Å². The molecule has 1 fully saturated rings. The Morgan fingerprint density at radius 1 is 0.973 bits per heavy atom. The third-order valence-electron chi connectivity index (χ3n) is 5.49. The Balaban J connectivity index is 1.49. The van der Waals surface area contributed by atoms with Crippen LogP contribution in [0.3, 0.4) is 0 Å². The summed E-state index contributed by atoms with van der Waals surface area (Å²) in [6.07, 6.45) is -4.73. The molecule has 3 aromatic rings. The van der Waals surface area contributed by atoms with E-state index in [9.17, 15) is 26.0 Å². The minimum atomic E-state index is -4.73. The number of ether oxygens (including phenoxy) is 1. The van der Waals surface area contributed by atoms with E-state index >= 15 is 0 Å². The van der Waals surface area contributed by atoms with Gasteiger partial charge in [-0.1, -0.05) is 0 Å². The molecular formula is C23H24F4N6O3S. The fourth-order valence-electron chi connectivity index (χ4n) is 3.63. The second-order valence-corrected chi connectivity index (χ2v) is 10.0. The van der Waals surface area contributed by atoms with E-state index in [4.69, 9.17) is 10.5 Å². The third kappa shape index (κ3) is 6.45. The van der Waals surface area contributed by atoms with Crippen LogP contribution in [0.5, 0.6) is 5.75 Å². The number of nitrogens with zero attached hydrogens (tertiary/aromatic N) is 4. The molecule has 3 N–H and O–H groups in total. The van der Waals surface area contributed by atoms with Crippen molar-refractivity contribution in [1.29, 1.82) is 0 Å². The van der Waals surface area contributed by atoms with Crippen molar-refractivity contribution in [3.63, 3.8) is 0 Å². The van der Waals surface area contributed by atoms with Crippen LogP contribution in [0.1, 0.15) is 5.69 Å². The van der Waals surface area contributed by atoms with Crippen LogP contribution in [0.4, 0.5) is 35.0 Å². The molecule has 4 rings (SSSR count). The molecule has 0 bridgehead atoms. The molecule has 0 atom stereocenters. The van der Waals surface area contributed by atoms with Gasteiger partial charge in [0.2, 0.25) is 16.0 Å². The first-order chi connectivity index (χ1) is 17.6. The Labute approximate surface area is 210 Å². The van der Waals surface area contributed by atoms with E-state index in [1.54, 1.807) is 0 Å². The van der Waals surface area contributed by atoms with Gasteiger partial charge in [0, 0.05) is 44.5 Å². The molecule has 1 aliphatic rings. The van der Waals surface area contributed by atoms with Crippen molar-refractivity contribution in [2.24, 2.45) is 5.73 Å². The van der Waals surface area contributed by atoms with Gasteiger partial charge in [-0.05, 0) is 48.5 Å². The number of hydrogen-bond donors (Lipinski definition) is 2. The first-order valence-electron chi connectivity index (χ1n) is 11.2. The zero-order valence-electron chi connectivity index (χ0n) is 19.4. The van der Waals surface area contributed by atoms with Gasteiger partial charge in [0.05, 0.1) is 4.90 Å². The number of benzene rings is 2. The molecule has 198 valence electrons. The molecule has 2 aromatic carbocycles. The average molecular weight is 541 g/mol. The van der Waals surface area contributed by atoms with Crippen LogP contribution in [0.25, 0.3) is 0 Å².